The number of anilines is 1. The van der Waals surface area contributed by atoms with Crippen LogP contribution in [0.3, 0.4) is 0 Å². The third-order valence-electron chi connectivity index (χ3n) is 3.68. The first-order chi connectivity index (χ1) is 10.5. The average molecular weight is 316 g/mol. The van der Waals surface area contributed by atoms with Gasteiger partial charge in [0.15, 0.2) is 0 Å². The van der Waals surface area contributed by atoms with Gasteiger partial charge in [-0.25, -0.2) is 0 Å². The minimum absolute atomic E-state index is 0.171. The number of carbonyl (C=O) groups excluding carboxylic acids is 1. The van der Waals surface area contributed by atoms with E-state index >= 15 is 0 Å². The summed E-state index contributed by atoms with van der Waals surface area (Å²) in [7, 11) is 0. The van der Waals surface area contributed by atoms with Gasteiger partial charge < -0.3 is 5.32 Å². The molecule has 0 aliphatic carbocycles. The highest BCUT2D eigenvalue weighted by Crippen LogP contribution is 2.30. The maximum absolute atomic E-state index is 12.4. The summed E-state index contributed by atoms with van der Waals surface area (Å²) in [6.45, 7) is 6.61. The molecule has 2 nitrogen and oxygen atoms in total. The van der Waals surface area contributed by atoms with Gasteiger partial charge in [0, 0.05) is 5.69 Å². The van der Waals surface area contributed by atoms with Crippen molar-refractivity contribution in [2.75, 3.05) is 5.32 Å². The van der Waals surface area contributed by atoms with Crippen LogP contribution in [0.2, 0.25) is 5.02 Å². The summed E-state index contributed by atoms with van der Waals surface area (Å²) in [6.07, 6.45) is 1.08. The van der Waals surface area contributed by atoms with E-state index in [1.165, 1.54) is 0 Å². The number of nitrogens with one attached hydrogen (secondary N) is 1. The minimum Gasteiger partial charge on any atom is -0.322 e. The summed E-state index contributed by atoms with van der Waals surface area (Å²) in [5.41, 5.74) is 2.52. The fraction of sp³-hybridized carbons (Fsp3) is 0.316. The molecular formula is C19H22ClNO. The van der Waals surface area contributed by atoms with Gasteiger partial charge in [0.2, 0.25) is 0 Å². The molecule has 0 spiro atoms. The van der Waals surface area contributed by atoms with Crippen molar-refractivity contribution in [1.82, 2.24) is 0 Å². The number of halogens is 1. The Morgan fingerprint density at radius 2 is 1.68 bits per heavy atom. The maximum atomic E-state index is 12.4. The van der Waals surface area contributed by atoms with Crippen molar-refractivity contribution in [3.8, 4) is 0 Å². The Kier molecular flexibility index (Phi) is 5.62. The third kappa shape index (κ3) is 4.11. The number of carbonyl (C=O) groups is 1. The van der Waals surface area contributed by atoms with Crippen molar-refractivity contribution < 1.29 is 4.79 Å². The molecule has 0 aromatic heterocycles. The Morgan fingerprint density at radius 3 is 2.36 bits per heavy atom. The number of benzene rings is 2. The fourth-order valence-electron chi connectivity index (χ4n) is 2.71. The van der Waals surface area contributed by atoms with Crippen molar-refractivity contribution >= 4 is 23.2 Å². The van der Waals surface area contributed by atoms with E-state index in [0.29, 0.717) is 22.4 Å². The Balaban J connectivity index is 2.23. The van der Waals surface area contributed by atoms with Crippen LogP contribution in [0.25, 0.3) is 0 Å². The number of hydrogen-bond acceptors (Lipinski definition) is 1. The molecule has 2 aromatic carbocycles. The van der Waals surface area contributed by atoms with E-state index in [-0.39, 0.29) is 5.91 Å². The topological polar surface area (TPSA) is 29.1 Å². The molecule has 0 radical (unpaired) electrons. The van der Waals surface area contributed by atoms with Crippen LogP contribution in [0.5, 0.6) is 0 Å². The predicted molar refractivity (Wildman–Crippen MR) is 93.7 cm³/mol. The SMILES string of the molecule is CC(C)CC(C)c1ccccc1NC(=O)c1ccccc1Cl. The zero-order valence-electron chi connectivity index (χ0n) is 13.3. The summed E-state index contributed by atoms with van der Waals surface area (Å²) in [5.74, 6) is 0.833. The molecule has 3 heteroatoms. The molecule has 2 aromatic rings. The second-order valence-corrected chi connectivity index (χ2v) is 6.46. The molecule has 1 N–H and O–H groups in total. The van der Waals surface area contributed by atoms with Crippen LogP contribution in [0.4, 0.5) is 5.69 Å². The summed E-state index contributed by atoms with van der Waals surface area (Å²) in [4.78, 5) is 12.4. The standard InChI is InChI=1S/C19H22ClNO/c1-13(2)12-14(3)15-8-5-7-11-18(15)21-19(22)16-9-4-6-10-17(16)20/h4-11,13-14H,12H2,1-3H3,(H,21,22). The van der Waals surface area contributed by atoms with Crippen LogP contribution in [-0.4, -0.2) is 5.91 Å². The lowest BCUT2D eigenvalue weighted by molar-refractivity contribution is 0.102. The molecule has 1 atom stereocenters. The molecule has 0 saturated heterocycles. The van der Waals surface area contributed by atoms with Gasteiger partial charge >= 0.3 is 0 Å². The molecule has 0 bridgehead atoms. The first-order valence-electron chi connectivity index (χ1n) is 7.64. The van der Waals surface area contributed by atoms with E-state index in [9.17, 15) is 4.79 Å². The highest BCUT2D eigenvalue weighted by Gasteiger charge is 2.15. The molecule has 0 saturated carbocycles. The quantitative estimate of drug-likeness (QED) is 0.748. The highest BCUT2D eigenvalue weighted by atomic mass is 35.5. The van der Waals surface area contributed by atoms with E-state index in [4.69, 9.17) is 11.6 Å². The lowest BCUT2D eigenvalue weighted by Gasteiger charge is -2.19. The average Bonchev–Trinajstić information content (AvgIpc) is 2.47. The lowest BCUT2D eigenvalue weighted by atomic mass is 9.91. The normalized spacial score (nSPS) is 12.2. The van der Waals surface area contributed by atoms with Gasteiger partial charge in [-0.05, 0) is 42.0 Å². The van der Waals surface area contributed by atoms with E-state index < -0.39 is 0 Å². The molecule has 0 aliphatic rings. The summed E-state index contributed by atoms with van der Waals surface area (Å²) in [5, 5.41) is 3.46. The van der Waals surface area contributed by atoms with Crippen LogP contribution >= 0.6 is 11.6 Å². The van der Waals surface area contributed by atoms with Crippen LogP contribution in [-0.2, 0) is 0 Å². The van der Waals surface area contributed by atoms with Gasteiger partial charge in [0.05, 0.1) is 10.6 Å². The van der Waals surface area contributed by atoms with Crippen LogP contribution < -0.4 is 5.32 Å². The molecule has 1 unspecified atom stereocenters. The smallest absolute Gasteiger partial charge is 0.257 e. The zero-order valence-corrected chi connectivity index (χ0v) is 14.0. The number of hydrogen-bond donors (Lipinski definition) is 1. The summed E-state index contributed by atoms with van der Waals surface area (Å²) in [6, 6.07) is 15.1. The fourth-order valence-corrected chi connectivity index (χ4v) is 2.93. The van der Waals surface area contributed by atoms with E-state index in [2.05, 4.69) is 32.2 Å². The Bertz CT molecular complexity index is 651. The minimum atomic E-state index is -0.171. The first-order valence-corrected chi connectivity index (χ1v) is 8.01. The van der Waals surface area contributed by atoms with Gasteiger partial charge in [0.1, 0.15) is 0 Å². The van der Waals surface area contributed by atoms with E-state index in [0.717, 1.165) is 17.7 Å². The monoisotopic (exact) mass is 315 g/mol. The Morgan fingerprint density at radius 1 is 1.05 bits per heavy atom. The van der Waals surface area contributed by atoms with Crippen LogP contribution in [0, 0.1) is 5.92 Å². The van der Waals surface area contributed by atoms with Crippen molar-refractivity contribution in [3.05, 3.63) is 64.7 Å². The largest absolute Gasteiger partial charge is 0.322 e. The first kappa shape index (κ1) is 16.6. The lowest BCUT2D eigenvalue weighted by Crippen LogP contribution is -2.14. The second kappa shape index (κ2) is 7.46. The maximum Gasteiger partial charge on any atom is 0.257 e. The van der Waals surface area contributed by atoms with Gasteiger partial charge in [-0.2, -0.15) is 0 Å². The molecular weight excluding hydrogens is 294 g/mol. The van der Waals surface area contributed by atoms with Crippen molar-refractivity contribution in [3.63, 3.8) is 0 Å². The van der Waals surface area contributed by atoms with Gasteiger partial charge in [-0.3, -0.25) is 4.79 Å². The van der Waals surface area contributed by atoms with Gasteiger partial charge in [0.25, 0.3) is 5.91 Å². The van der Waals surface area contributed by atoms with Crippen molar-refractivity contribution in [2.45, 2.75) is 33.1 Å². The zero-order chi connectivity index (χ0) is 16.1. The van der Waals surface area contributed by atoms with E-state index in [1.807, 2.05) is 30.3 Å². The van der Waals surface area contributed by atoms with E-state index in [1.54, 1.807) is 12.1 Å². The number of amides is 1. The number of para-hydroxylation sites is 1. The molecule has 116 valence electrons. The van der Waals surface area contributed by atoms with Crippen molar-refractivity contribution in [1.29, 1.82) is 0 Å². The van der Waals surface area contributed by atoms with Gasteiger partial charge in [-0.15, -0.1) is 0 Å². The second-order valence-electron chi connectivity index (χ2n) is 6.05. The summed E-state index contributed by atoms with van der Waals surface area (Å²) >= 11 is 6.10. The van der Waals surface area contributed by atoms with Crippen LogP contribution in [0.1, 0.15) is 49.0 Å². The predicted octanol–water partition coefficient (Wildman–Crippen LogP) is 5.74. The molecule has 1 amide bonds. The van der Waals surface area contributed by atoms with Crippen molar-refractivity contribution in [2.24, 2.45) is 5.92 Å². The third-order valence-corrected chi connectivity index (χ3v) is 4.01. The molecule has 0 fully saturated rings. The molecule has 22 heavy (non-hydrogen) atoms. The Hall–Kier alpha value is -1.80. The molecule has 0 heterocycles. The summed E-state index contributed by atoms with van der Waals surface area (Å²) < 4.78 is 0. The highest BCUT2D eigenvalue weighted by molar-refractivity contribution is 6.34. The molecule has 0 aliphatic heterocycles. The number of rotatable bonds is 5. The Labute approximate surface area is 137 Å². The van der Waals surface area contributed by atoms with Crippen LogP contribution in [0.15, 0.2) is 48.5 Å². The molecule has 2 rings (SSSR count). The van der Waals surface area contributed by atoms with Gasteiger partial charge in [-0.1, -0.05) is 62.7 Å².